The van der Waals surface area contributed by atoms with Crippen molar-refractivity contribution in [1.29, 1.82) is 0 Å². The van der Waals surface area contributed by atoms with Crippen LogP contribution in [0.25, 0.3) is 0 Å². The molecule has 6 nitrogen and oxygen atoms in total. The fourth-order valence-electron chi connectivity index (χ4n) is 2.72. The highest BCUT2D eigenvalue weighted by Crippen LogP contribution is 2.27. The van der Waals surface area contributed by atoms with Crippen LogP contribution in [0.5, 0.6) is 11.5 Å². The molecule has 146 valence electrons. The number of hydrogen-bond acceptors (Lipinski definition) is 6. The second kappa shape index (κ2) is 9.55. The Bertz CT molecular complexity index is 903. The zero-order valence-corrected chi connectivity index (χ0v) is 15.9. The lowest BCUT2D eigenvalue weighted by Gasteiger charge is -2.11. The fraction of sp³-hybridized carbons (Fsp3) is 0.238. The molecule has 1 aromatic heterocycles. The van der Waals surface area contributed by atoms with Gasteiger partial charge in [-0.3, -0.25) is 0 Å². The van der Waals surface area contributed by atoms with Crippen LogP contribution in [0.2, 0.25) is 0 Å². The quantitative estimate of drug-likeness (QED) is 0.585. The highest BCUT2D eigenvalue weighted by molar-refractivity contribution is 5.47. The molecule has 0 saturated carbocycles. The van der Waals surface area contributed by atoms with E-state index in [0.29, 0.717) is 30.4 Å². The van der Waals surface area contributed by atoms with Crippen molar-refractivity contribution in [3.63, 3.8) is 0 Å². The summed E-state index contributed by atoms with van der Waals surface area (Å²) in [5, 5.41) is 6.51. The number of methoxy groups -OCH3 is 2. The smallest absolute Gasteiger partial charge is 0.160 e. The predicted octanol–water partition coefficient (Wildman–Crippen LogP) is 3.90. The van der Waals surface area contributed by atoms with Crippen LogP contribution in [-0.4, -0.2) is 30.7 Å². The first-order chi connectivity index (χ1) is 13.7. The molecule has 0 saturated heterocycles. The number of nitrogens with one attached hydrogen (secondary N) is 2. The lowest BCUT2D eigenvalue weighted by molar-refractivity contribution is 0.354. The van der Waals surface area contributed by atoms with E-state index in [2.05, 4.69) is 20.6 Å². The number of benzene rings is 2. The number of ether oxygens (including phenoxy) is 2. The Morgan fingerprint density at radius 3 is 2.21 bits per heavy atom. The van der Waals surface area contributed by atoms with Gasteiger partial charge in [-0.1, -0.05) is 18.2 Å². The Balaban J connectivity index is 1.52. The van der Waals surface area contributed by atoms with Crippen LogP contribution in [0, 0.1) is 5.82 Å². The molecule has 0 aliphatic rings. The number of nitrogens with zero attached hydrogens (tertiary/aromatic N) is 2. The van der Waals surface area contributed by atoms with Crippen molar-refractivity contribution in [2.24, 2.45) is 0 Å². The van der Waals surface area contributed by atoms with Gasteiger partial charge in [0.2, 0.25) is 0 Å². The molecule has 0 aliphatic carbocycles. The highest BCUT2D eigenvalue weighted by Gasteiger charge is 2.05. The minimum absolute atomic E-state index is 0.244. The maximum Gasteiger partial charge on any atom is 0.160 e. The molecule has 7 heteroatoms. The summed E-state index contributed by atoms with van der Waals surface area (Å²) in [6.07, 6.45) is 2.31. The molecule has 28 heavy (non-hydrogen) atoms. The van der Waals surface area contributed by atoms with E-state index in [9.17, 15) is 4.39 Å². The summed E-state index contributed by atoms with van der Waals surface area (Å²) in [7, 11) is 3.25. The second-order valence-corrected chi connectivity index (χ2v) is 6.13. The van der Waals surface area contributed by atoms with Crippen molar-refractivity contribution < 1.29 is 13.9 Å². The fourth-order valence-corrected chi connectivity index (χ4v) is 2.72. The van der Waals surface area contributed by atoms with Gasteiger partial charge >= 0.3 is 0 Å². The zero-order chi connectivity index (χ0) is 19.8. The van der Waals surface area contributed by atoms with Crippen molar-refractivity contribution in [2.75, 3.05) is 31.4 Å². The average Bonchev–Trinajstić information content (AvgIpc) is 2.73. The maximum atomic E-state index is 13.0. The molecule has 0 unspecified atom stereocenters. The van der Waals surface area contributed by atoms with Crippen molar-refractivity contribution in [1.82, 2.24) is 9.97 Å². The van der Waals surface area contributed by atoms with E-state index in [1.807, 2.05) is 24.3 Å². The first kappa shape index (κ1) is 19.4. The van der Waals surface area contributed by atoms with Crippen LogP contribution in [0.1, 0.15) is 11.1 Å². The Morgan fingerprint density at radius 1 is 0.821 bits per heavy atom. The zero-order valence-electron chi connectivity index (χ0n) is 15.9. The van der Waals surface area contributed by atoms with Crippen molar-refractivity contribution in [3.8, 4) is 11.5 Å². The van der Waals surface area contributed by atoms with E-state index >= 15 is 0 Å². The normalized spacial score (nSPS) is 10.4. The summed E-state index contributed by atoms with van der Waals surface area (Å²) < 4.78 is 23.5. The van der Waals surface area contributed by atoms with Gasteiger partial charge in [-0.2, -0.15) is 0 Å². The number of halogens is 1. The van der Waals surface area contributed by atoms with Crippen LogP contribution in [0.4, 0.5) is 16.0 Å². The molecule has 3 aromatic rings. The Morgan fingerprint density at radius 2 is 1.50 bits per heavy atom. The Kier molecular flexibility index (Phi) is 6.62. The van der Waals surface area contributed by atoms with Crippen molar-refractivity contribution >= 4 is 11.6 Å². The number of anilines is 2. The molecular formula is C21H23FN4O2. The van der Waals surface area contributed by atoms with E-state index in [-0.39, 0.29) is 5.82 Å². The van der Waals surface area contributed by atoms with Crippen molar-refractivity contribution in [3.05, 3.63) is 71.8 Å². The van der Waals surface area contributed by atoms with Gasteiger partial charge in [-0.15, -0.1) is 0 Å². The molecule has 2 N–H and O–H groups in total. The molecule has 0 amide bonds. The summed E-state index contributed by atoms with van der Waals surface area (Å²) in [4.78, 5) is 8.46. The van der Waals surface area contributed by atoms with E-state index in [1.165, 1.54) is 18.5 Å². The van der Waals surface area contributed by atoms with Crippen LogP contribution < -0.4 is 20.1 Å². The molecule has 3 rings (SSSR count). The van der Waals surface area contributed by atoms with E-state index in [4.69, 9.17) is 9.47 Å². The first-order valence-corrected chi connectivity index (χ1v) is 8.93. The topological polar surface area (TPSA) is 68.3 Å². The van der Waals surface area contributed by atoms with Gasteiger partial charge in [-0.05, 0) is 41.8 Å². The maximum absolute atomic E-state index is 13.0. The van der Waals surface area contributed by atoms with Crippen LogP contribution in [0.15, 0.2) is 54.9 Å². The van der Waals surface area contributed by atoms with Crippen LogP contribution in [0.3, 0.4) is 0 Å². The lowest BCUT2D eigenvalue weighted by atomic mass is 10.1. The summed E-state index contributed by atoms with van der Waals surface area (Å²) in [6, 6.07) is 14.1. The predicted molar refractivity (Wildman–Crippen MR) is 107 cm³/mol. The largest absolute Gasteiger partial charge is 0.493 e. The Labute approximate surface area is 163 Å². The third kappa shape index (κ3) is 5.33. The lowest BCUT2D eigenvalue weighted by Crippen LogP contribution is -2.08. The summed E-state index contributed by atoms with van der Waals surface area (Å²) in [6.45, 7) is 1.27. The summed E-state index contributed by atoms with van der Waals surface area (Å²) >= 11 is 0. The first-order valence-electron chi connectivity index (χ1n) is 8.93. The SMILES string of the molecule is COc1ccc(CCNc2cc(NCc3ccc(F)cc3)ncn2)cc1OC. The van der Waals surface area contributed by atoms with Gasteiger partial charge in [0, 0.05) is 19.2 Å². The van der Waals surface area contributed by atoms with Gasteiger partial charge in [0.05, 0.1) is 14.2 Å². The van der Waals surface area contributed by atoms with Gasteiger partial charge in [0.1, 0.15) is 23.8 Å². The van der Waals surface area contributed by atoms with E-state index < -0.39 is 0 Å². The average molecular weight is 382 g/mol. The Hall–Kier alpha value is -3.35. The molecule has 2 aromatic carbocycles. The third-order valence-corrected chi connectivity index (χ3v) is 4.22. The van der Waals surface area contributed by atoms with Crippen LogP contribution in [-0.2, 0) is 13.0 Å². The number of aromatic nitrogens is 2. The molecule has 0 atom stereocenters. The molecule has 1 heterocycles. The number of hydrogen-bond donors (Lipinski definition) is 2. The van der Waals surface area contributed by atoms with Gasteiger partial charge in [0.15, 0.2) is 11.5 Å². The van der Waals surface area contributed by atoms with Gasteiger partial charge in [0.25, 0.3) is 0 Å². The van der Waals surface area contributed by atoms with Gasteiger partial charge in [-0.25, -0.2) is 14.4 Å². The summed E-state index contributed by atoms with van der Waals surface area (Å²) in [5.74, 6) is 2.62. The molecular weight excluding hydrogens is 359 g/mol. The second-order valence-electron chi connectivity index (χ2n) is 6.13. The third-order valence-electron chi connectivity index (χ3n) is 4.22. The molecule has 0 spiro atoms. The number of rotatable bonds is 9. The van der Waals surface area contributed by atoms with E-state index in [0.717, 1.165) is 23.4 Å². The van der Waals surface area contributed by atoms with Crippen molar-refractivity contribution in [2.45, 2.75) is 13.0 Å². The highest BCUT2D eigenvalue weighted by atomic mass is 19.1. The molecule has 0 radical (unpaired) electrons. The minimum atomic E-state index is -0.244. The molecule has 0 aliphatic heterocycles. The minimum Gasteiger partial charge on any atom is -0.493 e. The van der Waals surface area contributed by atoms with Crippen LogP contribution >= 0.6 is 0 Å². The summed E-state index contributed by atoms with van der Waals surface area (Å²) in [5.41, 5.74) is 2.11. The monoisotopic (exact) mass is 382 g/mol. The molecule has 0 fully saturated rings. The standard InChI is InChI=1S/C21H23FN4O2/c1-27-18-8-5-15(11-19(18)28-2)9-10-23-20-12-21(26-14-25-20)24-13-16-3-6-17(22)7-4-16/h3-8,11-12,14H,9-10,13H2,1-2H3,(H2,23,24,25,26). The molecule has 0 bridgehead atoms. The van der Waals surface area contributed by atoms with E-state index in [1.54, 1.807) is 26.4 Å². The van der Waals surface area contributed by atoms with Gasteiger partial charge < -0.3 is 20.1 Å².